The number of aliphatic carboxylic acids is 1. The molecule has 1 heterocycles. The lowest BCUT2D eigenvalue weighted by Crippen LogP contribution is -2.33. The van der Waals surface area contributed by atoms with Crippen LogP contribution in [0, 0.1) is 0 Å². The molecule has 2 unspecified atom stereocenters. The Morgan fingerprint density at radius 2 is 2.06 bits per heavy atom. The van der Waals surface area contributed by atoms with Crippen molar-refractivity contribution in [2.45, 2.75) is 18.8 Å². The molecule has 96 valence electrons. The zero-order valence-corrected chi connectivity index (χ0v) is 9.48. The Morgan fingerprint density at radius 1 is 1.39 bits per heavy atom. The summed E-state index contributed by atoms with van der Waals surface area (Å²) in [7, 11) is 0. The van der Waals surface area contributed by atoms with Gasteiger partial charge in [-0.3, -0.25) is 4.79 Å². The van der Waals surface area contributed by atoms with Crippen molar-refractivity contribution < 1.29 is 24.9 Å². The second kappa shape index (κ2) is 4.75. The number of carboxylic acid groups (broad SMARTS) is 1. The summed E-state index contributed by atoms with van der Waals surface area (Å²) in [4.78, 5) is 23.5. The van der Waals surface area contributed by atoms with E-state index < -0.39 is 18.3 Å². The molecule has 0 fully saturated rings. The first-order valence-electron chi connectivity index (χ1n) is 5.51. The van der Waals surface area contributed by atoms with E-state index in [-0.39, 0.29) is 18.9 Å². The molecule has 6 nitrogen and oxygen atoms in total. The third kappa shape index (κ3) is 2.07. The molecular formula is C12H13NO5. The van der Waals surface area contributed by atoms with Crippen molar-refractivity contribution in [2.24, 2.45) is 0 Å². The molecule has 0 spiro atoms. The highest BCUT2D eigenvalue weighted by Gasteiger charge is 2.35. The van der Waals surface area contributed by atoms with Gasteiger partial charge < -0.3 is 20.2 Å². The number of carbonyl (C=O) groups excluding carboxylic acids is 1. The third-order valence-corrected chi connectivity index (χ3v) is 2.95. The van der Waals surface area contributed by atoms with Crippen molar-refractivity contribution >= 4 is 11.9 Å². The van der Waals surface area contributed by atoms with Crippen LogP contribution < -0.4 is 0 Å². The molecule has 1 aromatic rings. The first-order valence-corrected chi connectivity index (χ1v) is 5.51. The van der Waals surface area contributed by atoms with Gasteiger partial charge in [0, 0.05) is 24.1 Å². The number of fused-ring (bicyclic) bond motifs is 1. The van der Waals surface area contributed by atoms with E-state index in [1.54, 1.807) is 24.3 Å². The van der Waals surface area contributed by atoms with Gasteiger partial charge in [-0.15, -0.1) is 0 Å². The van der Waals surface area contributed by atoms with Crippen LogP contribution in [0.4, 0.5) is 0 Å². The zero-order chi connectivity index (χ0) is 13.3. The van der Waals surface area contributed by atoms with E-state index in [1.165, 1.54) is 0 Å². The summed E-state index contributed by atoms with van der Waals surface area (Å²) in [5.41, 5.74) is 0.919. The van der Waals surface area contributed by atoms with Gasteiger partial charge in [0.2, 0.25) is 0 Å². The van der Waals surface area contributed by atoms with E-state index in [1.807, 2.05) is 0 Å². The van der Waals surface area contributed by atoms with Crippen LogP contribution in [0.1, 0.15) is 28.6 Å². The van der Waals surface area contributed by atoms with Gasteiger partial charge in [0.15, 0.2) is 12.3 Å². The molecule has 0 aliphatic carbocycles. The monoisotopic (exact) mass is 251 g/mol. The van der Waals surface area contributed by atoms with Gasteiger partial charge in [0.25, 0.3) is 5.91 Å². The highest BCUT2D eigenvalue weighted by Crippen LogP contribution is 2.31. The summed E-state index contributed by atoms with van der Waals surface area (Å²) in [6.45, 7) is -0.0118. The van der Waals surface area contributed by atoms with E-state index in [9.17, 15) is 14.7 Å². The average Bonchev–Trinajstić information content (AvgIpc) is 2.60. The molecule has 1 aliphatic rings. The van der Waals surface area contributed by atoms with Gasteiger partial charge in [-0.2, -0.15) is 0 Å². The van der Waals surface area contributed by atoms with E-state index in [2.05, 4.69) is 0 Å². The molecule has 2 rings (SSSR count). The summed E-state index contributed by atoms with van der Waals surface area (Å²) >= 11 is 0. The largest absolute Gasteiger partial charge is 0.479 e. The number of carbonyl (C=O) groups is 2. The van der Waals surface area contributed by atoms with Crippen molar-refractivity contribution in [3.8, 4) is 0 Å². The first kappa shape index (κ1) is 12.5. The maximum absolute atomic E-state index is 11.9. The van der Waals surface area contributed by atoms with Crippen LogP contribution in [0.5, 0.6) is 0 Å². The normalized spacial score (nSPS) is 19.8. The van der Waals surface area contributed by atoms with E-state index in [0.29, 0.717) is 11.1 Å². The maximum atomic E-state index is 11.9. The summed E-state index contributed by atoms with van der Waals surface area (Å²) < 4.78 is 0. The lowest BCUT2D eigenvalue weighted by molar-refractivity contribution is -0.147. The topological polar surface area (TPSA) is 98.1 Å². The Balaban J connectivity index is 2.09. The Morgan fingerprint density at radius 3 is 2.67 bits per heavy atom. The Kier molecular flexibility index (Phi) is 3.31. The molecule has 6 heteroatoms. The van der Waals surface area contributed by atoms with Crippen LogP contribution >= 0.6 is 0 Å². The quantitative estimate of drug-likeness (QED) is 0.698. The van der Waals surface area contributed by atoms with Crippen molar-refractivity contribution in [1.82, 2.24) is 4.90 Å². The van der Waals surface area contributed by atoms with E-state index in [0.717, 1.165) is 4.90 Å². The number of nitrogens with zero attached hydrogens (tertiary/aromatic N) is 1. The minimum absolute atomic E-state index is 0.0118. The molecule has 2 atom stereocenters. The number of aliphatic hydroxyl groups excluding tert-OH is 2. The minimum atomic E-state index is -1.53. The maximum Gasteiger partial charge on any atom is 0.332 e. The smallest absolute Gasteiger partial charge is 0.332 e. The van der Waals surface area contributed by atoms with Gasteiger partial charge in [-0.25, -0.2) is 4.79 Å². The van der Waals surface area contributed by atoms with Crippen LogP contribution in [-0.2, 0) is 4.79 Å². The number of aliphatic hydroxyl groups is 2. The van der Waals surface area contributed by atoms with Crippen LogP contribution in [0.3, 0.4) is 0 Å². The molecule has 0 radical (unpaired) electrons. The predicted molar refractivity (Wildman–Crippen MR) is 60.7 cm³/mol. The molecule has 0 saturated carbocycles. The van der Waals surface area contributed by atoms with Crippen LogP contribution in [0.2, 0.25) is 0 Å². The fourth-order valence-electron chi connectivity index (χ4n) is 1.96. The van der Waals surface area contributed by atoms with Crippen molar-refractivity contribution in [3.63, 3.8) is 0 Å². The molecule has 0 aromatic heterocycles. The van der Waals surface area contributed by atoms with Crippen LogP contribution in [0.15, 0.2) is 24.3 Å². The number of amides is 1. The Labute approximate surface area is 103 Å². The van der Waals surface area contributed by atoms with Gasteiger partial charge in [-0.05, 0) is 6.07 Å². The third-order valence-electron chi connectivity index (χ3n) is 2.95. The van der Waals surface area contributed by atoms with Crippen LogP contribution in [0.25, 0.3) is 0 Å². The lowest BCUT2D eigenvalue weighted by Gasteiger charge is -2.21. The van der Waals surface area contributed by atoms with Crippen molar-refractivity contribution in [1.29, 1.82) is 0 Å². The first-order chi connectivity index (χ1) is 8.52. The fourth-order valence-corrected chi connectivity index (χ4v) is 1.96. The fraction of sp³-hybridized carbons (Fsp3) is 0.333. The van der Waals surface area contributed by atoms with E-state index >= 15 is 0 Å². The Hall–Kier alpha value is -1.92. The summed E-state index contributed by atoms with van der Waals surface area (Å²) in [5.74, 6) is -1.69. The molecule has 1 aliphatic heterocycles. The summed E-state index contributed by atoms with van der Waals surface area (Å²) in [6, 6.07) is 6.66. The van der Waals surface area contributed by atoms with E-state index in [4.69, 9.17) is 10.2 Å². The van der Waals surface area contributed by atoms with Gasteiger partial charge in [-0.1, -0.05) is 18.2 Å². The summed E-state index contributed by atoms with van der Waals surface area (Å²) in [5, 5.41) is 27.6. The molecule has 1 aromatic carbocycles. The van der Waals surface area contributed by atoms with Crippen molar-refractivity contribution in [3.05, 3.63) is 35.4 Å². The molecule has 0 saturated heterocycles. The molecule has 0 bridgehead atoms. The standard InChI is InChI=1S/C12H13NO5/c14-9(12(17)18)5-6-13-10(15)7-3-1-2-4-8(7)11(13)16/h1-4,9-10,14-15H,5-6H2,(H,17,18). The minimum Gasteiger partial charge on any atom is -0.479 e. The average molecular weight is 251 g/mol. The van der Waals surface area contributed by atoms with Crippen molar-refractivity contribution in [2.75, 3.05) is 6.54 Å². The molecule has 3 N–H and O–H groups in total. The number of benzene rings is 1. The highest BCUT2D eigenvalue weighted by molar-refractivity contribution is 5.98. The number of rotatable bonds is 4. The Bertz CT molecular complexity index is 487. The molecular weight excluding hydrogens is 238 g/mol. The number of hydrogen-bond donors (Lipinski definition) is 3. The zero-order valence-electron chi connectivity index (χ0n) is 9.48. The summed E-state index contributed by atoms with van der Waals surface area (Å²) in [6.07, 6.45) is -2.73. The second-order valence-corrected chi connectivity index (χ2v) is 4.10. The lowest BCUT2D eigenvalue weighted by atomic mass is 10.1. The number of carboxylic acids is 1. The predicted octanol–water partition coefficient (Wildman–Crippen LogP) is -0.0311. The second-order valence-electron chi connectivity index (χ2n) is 4.10. The molecule has 18 heavy (non-hydrogen) atoms. The molecule has 1 amide bonds. The SMILES string of the molecule is O=C(O)C(O)CCN1C(=O)c2ccccc2C1O. The van der Waals surface area contributed by atoms with Gasteiger partial charge in [0.05, 0.1) is 0 Å². The number of hydrogen-bond acceptors (Lipinski definition) is 4. The van der Waals surface area contributed by atoms with Gasteiger partial charge >= 0.3 is 5.97 Å². The highest BCUT2D eigenvalue weighted by atomic mass is 16.4. The van der Waals surface area contributed by atoms with Gasteiger partial charge in [0.1, 0.15) is 0 Å². The van der Waals surface area contributed by atoms with Crippen LogP contribution in [-0.4, -0.2) is 44.7 Å².